The highest BCUT2D eigenvalue weighted by Crippen LogP contribution is 2.36. The average Bonchev–Trinajstić information content (AvgIpc) is 3.32. The Hall–Kier alpha value is -3.21. The summed E-state index contributed by atoms with van der Waals surface area (Å²) >= 11 is 5.00. The van der Waals surface area contributed by atoms with Crippen LogP contribution in [0.25, 0.3) is 16.6 Å². The van der Waals surface area contributed by atoms with Crippen LogP contribution in [0, 0.1) is 0 Å². The minimum atomic E-state index is -0.152. The van der Waals surface area contributed by atoms with Gasteiger partial charge < -0.3 is 15.7 Å². The minimum absolute atomic E-state index is 0.0127. The normalized spacial score (nSPS) is 16.3. The van der Waals surface area contributed by atoms with E-state index in [1.165, 1.54) is 17.5 Å². The molecule has 36 heavy (non-hydrogen) atoms. The van der Waals surface area contributed by atoms with Gasteiger partial charge in [0.05, 0.1) is 34.4 Å². The summed E-state index contributed by atoms with van der Waals surface area (Å²) in [6.07, 6.45) is 6.08. The predicted octanol–water partition coefficient (Wildman–Crippen LogP) is 4.12. The molecule has 0 spiro atoms. The van der Waals surface area contributed by atoms with Gasteiger partial charge in [-0.2, -0.15) is 5.10 Å². The van der Waals surface area contributed by atoms with Crippen LogP contribution >= 0.6 is 27.7 Å². The largest absolute Gasteiger partial charge is 0.400 e. The van der Waals surface area contributed by atoms with Crippen molar-refractivity contribution in [3.05, 3.63) is 76.2 Å². The number of nitrogens with zero attached hydrogens (tertiary/aromatic N) is 3. The summed E-state index contributed by atoms with van der Waals surface area (Å²) in [4.78, 5) is 30.3. The van der Waals surface area contributed by atoms with Crippen LogP contribution in [0.5, 0.6) is 0 Å². The third kappa shape index (κ3) is 4.63. The maximum Gasteiger partial charge on any atom is 0.252 e. The van der Waals surface area contributed by atoms with Crippen molar-refractivity contribution in [3.8, 4) is 5.69 Å². The number of anilines is 1. The molecular weight excluding hydrogens is 542 g/mol. The summed E-state index contributed by atoms with van der Waals surface area (Å²) < 4.78 is 2.74. The van der Waals surface area contributed by atoms with Crippen LogP contribution in [-0.2, 0) is 17.6 Å². The summed E-state index contributed by atoms with van der Waals surface area (Å²) in [5.74, 6) is 0.184. The topological polar surface area (TPSA) is 109 Å². The molecule has 0 saturated heterocycles. The first-order valence-electron chi connectivity index (χ1n) is 11.5. The van der Waals surface area contributed by atoms with Gasteiger partial charge in [-0.25, -0.2) is 4.68 Å². The molecule has 3 heterocycles. The summed E-state index contributed by atoms with van der Waals surface area (Å²) in [6, 6.07) is 13.7. The molecule has 2 aromatic heterocycles. The Bertz CT molecular complexity index is 1470. The quantitative estimate of drug-likeness (QED) is 0.344. The van der Waals surface area contributed by atoms with E-state index in [1.54, 1.807) is 6.07 Å². The molecule has 184 valence electrons. The zero-order valence-electron chi connectivity index (χ0n) is 19.5. The number of benzene rings is 2. The van der Waals surface area contributed by atoms with E-state index in [-0.39, 0.29) is 17.9 Å². The number of nitrogens with one attached hydrogen (secondary N) is 2. The monoisotopic (exact) mass is 565 g/mol. The number of aliphatic hydroxyl groups is 1. The van der Waals surface area contributed by atoms with Gasteiger partial charge in [-0.05, 0) is 65.0 Å². The lowest BCUT2D eigenvalue weighted by molar-refractivity contribution is -0.113. The lowest BCUT2D eigenvalue weighted by Gasteiger charge is -2.25. The number of hydrogen-bond acceptors (Lipinski definition) is 6. The number of rotatable bonds is 3. The molecule has 4 aromatic rings. The van der Waals surface area contributed by atoms with Gasteiger partial charge in [0.2, 0.25) is 5.91 Å². The van der Waals surface area contributed by atoms with Crippen LogP contribution in [0.2, 0.25) is 0 Å². The SMILES string of the molecule is CO.O=C1CSc2cc(Br)c(C(=O)NC3CCc4c(cnn4-c4ccnc5ccccc45)C3)cc2N1. The van der Waals surface area contributed by atoms with Gasteiger partial charge in [0.15, 0.2) is 0 Å². The van der Waals surface area contributed by atoms with Crippen LogP contribution in [0.15, 0.2) is 64.2 Å². The van der Waals surface area contributed by atoms with Gasteiger partial charge in [0, 0.05) is 39.8 Å². The van der Waals surface area contributed by atoms with Crippen LogP contribution in [0.3, 0.4) is 0 Å². The number of carbonyl (C=O) groups excluding carboxylic acids is 2. The summed E-state index contributed by atoms with van der Waals surface area (Å²) in [5, 5.41) is 18.8. The smallest absolute Gasteiger partial charge is 0.252 e. The van der Waals surface area contributed by atoms with Crippen LogP contribution < -0.4 is 10.6 Å². The van der Waals surface area contributed by atoms with Gasteiger partial charge >= 0.3 is 0 Å². The number of thioether (sulfide) groups is 1. The Kier molecular flexibility index (Phi) is 7.08. The fourth-order valence-corrected chi connectivity index (χ4v) is 6.16. The Morgan fingerprint density at radius 3 is 2.94 bits per heavy atom. The molecule has 2 aliphatic rings. The van der Waals surface area contributed by atoms with Crippen molar-refractivity contribution in [3.63, 3.8) is 0 Å². The third-order valence-corrected chi connectivity index (χ3v) is 8.00. The van der Waals surface area contributed by atoms with Crippen molar-refractivity contribution in [1.29, 1.82) is 0 Å². The molecule has 10 heteroatoms. The molecule has 1 aliphatic carbocycles. The molecule has 1 aliphatic heterocycles. The maximum atomic E-state index is 13.1. The van der Waals surface area contributed by atoms with Gasteiger partial charge in [-0.15, -0.1) is 11.8 Å². The Balaban J connectivity index is 0.00000130. The molecular formula is C26H24BrN5O3S. The van der Waals surface area contributed by atoms with E-state index in [2.05, 4.69) is 42.7 Å². The molecule has 8 nitrogen and oxygen atoms in total. The number of carbonyl (C=O) groups is 2. The van der Waals surface area contributed by atoms with Crippen molar-refractivity contribution in [2.75, 3.05) is 18.2 Å². The van der Waals surface area contributed by atoms with E-state index in [4.69, 9.17) is 5.11 Å². The second kappa shape index (κ2) is 10.4. The molecule has 2 amide bonds. The second-order valence-electron chi connectivity index (χ2n) is 8.45. The zero-order chi connectivity index (χ0) is 25.2. The van der Waals surface area contributed by atoms with Gasteiger partial charge in [0.1, 0.15) is 0 Å². The Morgan fingerprint density at radius 1 is 1.25 bits per heavy atom. The van der Waals surface area contributed by atoms with Crippen molar-refractivity contribution in [1.82, 2.24) is 20.1 Å². The first kappa shape index (κ1) is 24.5. The van der Waals surface area contributed by atoms with Crippen LogP contribution in [0.4, 0.5) is 5.69 Å². The molecule has 2 aromatic carbocycles. The lowest BCUT2D eigenvalue weighted by Crippen LogP contribution is -2.39. The van der Waals surface area contributed by atoms with Gasteiger partial charge in [0.25, 0.3) is 5.91 Å². The highest BCUT2D eigenvalue weighted by Gasteiger charge is 2.26. The predicted molar refractivity (Wildman–Crippen MR) is 144 cm³/mol. The summed E-state index contributed by atoms with van der Waals surface area (Å²) in [7, 11) is 1.00. The number of pyridine rings is 1. The van der Waals surface area contributed by atoms with Crippen LogP contribution in [0.1, 0.15) is 28.0 Å². The molecule has 3 N–H and O–H groups in total. The summed E-state index contributed by atoms with van der Waals surface area (Å²) in [6.45, 7) is 0. The molecule has 6 rings (SSSR count). The van der Waals surface area contributed by atoms with Crippen molar-refractivity contribution >= 4 is 56.1 Å². The van der Waals surface area contributed by atoms with Crippen molar-refractivity contribution in [2.24, 2.45) is 0 Å². The number of halogens is 1. The van der Waals surface area contributed by atoms with E-state index >= 15 is 0 Å². The summed E-state index contributed by atoms with van der Waals surface area (Å²) in [5.41, 5.74) is 5.49. The Labute approximate surface area is 220 Å². The number of hydrogen-bond donors (Lipinski definition) is 3. The number of aromatic nitrogens is 3. The average molecular weight is 566 g/mol. The lowest BCUT2D eigenvalue weighted by atomic mass is 9.93. The van der Waals surface area contributed by atoms with E-state index in [9.17, 15) is 9.59 Å². The molecule has 1 atom stereocenters. The van der Waals surface area contributed by atoms with Gasteiger partial charge in [-0.3, -0.25) is 14.6 Å². The fourth-order valence-electron chi connectivity index (χ4n) is 4.66. The van der Waals surface area contributed by atoms with E-state index in [1.807, 2.05) is 47.4 Å². The second-order valence-corrected chi connectivity index (χ2v) is 10.3. The van der Waals surface area contributed by atoms with E-state index < -0.39 is 0 Å². The third-order valence-electron chi connectivity index (χ3n) is 6.29. The van der Waals surface area contributed by atoms with E-state index in [0.717, 1.165) is 57.9 Å². The number of fused-ring (bicyclic) bond motifs is 3. The van der Waals surface area contributed by atoms with Crippen molar-refractivity contribution < 1.29 is 14.7 Å². The molecule has 0 saturated carbocycles. The minimum Gasteiger partial charge on any atom is -0.400 e. The molecule has 0 bridgehead atoms. The number of amides is 2. The van der Waals surface area contributed by atoms with E-state index in [0.29, 0.717) is 17.0 Å². The molecule has 1 unspecified atom stereocenters. The maximum absolute atomic E-state index is 13.1. The Morgan fingerprint density at radius 2 is 2.08 bits per heavy atom. The zero-order valence-corrected chi connectivity index (χ0v) is 21.9. The highest BCUT2D eigenvalue weighted by atomic mass is 79.9. The number of para-hydroxylation sites is 1. The highest BCUT2D eigenvalue weighted by molar-refractivity contribution is 9.10. The van der Waals surface area contributed by atoms with Crippen LogP contribution in [-0.4, -0.2) is 50.6 Å². The number of aliphatic hydroxyl groups excluding tert-OH is 1. The molecule has 0 fully saturated rings. The first-order valence-corrected chi connectivity index (χ1v) is 13.3. The van der Waals surface area contributed by atoms with Gasteiger partial charge in [-0.1, -0.05) is 18.2 Å². The standard InChI is InChI=1S/C25H20BrN5O2S.CH4O/c26-18-11-23-20(30-24(32)13-34-23)10-17(18)25(33)29-15-5-6-21-14(9-15)12-28-31(21)22-7-8-27-19-4-2-1-3-16(19)22;1-2/h1-4,7-8,10-12,15H,5-6,9,13H2,(H,29,33)(H,30,32);2H,1H3. The first-order chi connectivity index (χ1) is 17.6. The molecule has 0 radical (unpaired) electrons. The fraction of sp³-hybridized carbons (Fsp3) is 0.231. The van der Waals surface area contributed by atoms with Crippen molar-refractivity contribution in [2.45, 2.75) is 30.2 Å².